The van der Waals surface area contributed by atoms with Crippen molar-refractivity contribution in [3.05, 3.63) is 73.9 Å². The van der Waals surface area contributed by atoms with E-state index in [1.165, 1.54) is 45.2 Å². The lowest BCUT2D eigenvalue weighted by Gasteiger charge is -2.29. The summed E-state index contributed by atoms with van der Waals surface area (Å²) in [7, 11) is 0. The SMILES string of the molecule is Cc1ccc(F)cc1[C@H](Cn1c(=O)n(C(C)(C)C(=O)CC(C)C)c(=O)c2c(C)c(-n3nccn3)sc21)OCC(C)(C)C. The summed E-state index contributed by atoms with van der Waals surface area (Å²) < 4.78 is 23.5. The molecule has 9 nitrogen and oxygen atoms in total. The van der Waals surface area contributed by atoms with Crippen molar-refractivity contribution in [3.8, 4) is 5.00 Å². The van der Waals surface area contributed by atoms with Crippen molar-refractivity contribution in [2.75, 3.05) is 6.61 Å². The van der Waals surface area contributed by atoms with Gasteiger partial charge in [-0.25, -0.2) is 13.8 Å². The Hall–Kier alpha value is -3.44. The summed E-state index contributed by atoms with van der Waals surface area (Å²) in [6.07, 6.45) is 2.56. The Bertz CT molecular complexity index is 1730. The van der Waals surface area contributed by atoms with Gasteiger partial charge in [0.05, 0.1) is 30.9 Å². The van der Waals surface area contributed by atoms with E-state index in [4.69, 9.17) is 4.74 Å². The van der Waals surface area contributed by atoms with Crippen LogP contribution in [0.5, 0.6) is 0 Å². The van der Waals surface area contributed by atoms with Gasteiger partial charge in [-0.15, -0.1) is 4.80 Å². The highest BCUT2D eigenvalue weighted by molar-refractivity contribution is 7.21. The lowest BCUT2D eigenvalue weighted by molar-refractivity contribution is -0.127. The number of hydrogen-bond donors (Lipinski definition) is 0. The van der Waals surface area contributed by atoms with Gasteiger partial charge in [0.1, 0.15) is 27.3 Å². The number of aromatic nitrogens is 5. The van der Waals surface area contributed by atoms with Crippen LogP contribution in [0.15, 0.2) is 40.2 Å². The summed E-state index contributed by atoms with van der Waals surface area (Å²) in [4.78, 5) is 43.8. The highest BCUT2D eigenvalue weighted by Crippen LogP contribution is 2.33. The molecule has 0 unspecified atom stereocenters. The number of benzene rings is 1. The predicted octanol–water partition coefficient (Wildman–Crippen LogP) is 5.72. The molecule has 0 bridgehead atoms. The maximum absolute atomic E-state index is 14.5. The molecule has 0 aliphatic rings. The third-order valence-corrected chi connectivity index (χ3v) is 8.56. The number of hydrogen-bond acceptors (Lipinski definition) is 7. The summed E-state index contributed by atoms with van der Waals surface area (Å²) in [5, 5.41) is 9.37. The zero-order valence-electron chi connectivity index (χ0n) is 25.8. The number of ether oxygens (including phenoxy) is 1. The van der Waals surface area contributed by atoms with Crippen LogP contribution in [0.3, 0.4) is 0 Å². The van der Waals surface area contributed by atoms with E-state index in [0.717, 1.165) is 10.1 Å². The van der Waals surface area contributed by atoms with Crippen LogP contribution in [-0.2, 0) is 21.6 Å². The van der Waals surface area contributed by atoms with Crippen molar-refractivity contribution >= 4 is 27.3 Å². The number of nitrogens with zero attached hydrogens (tertiary/aromatic N) is 5. The van der Waals surface area contributed by atoms with E-state index in [1.807, 2.05) is 41.5 Å². The fourth-order valence-corrected chi connectivity index (χ4v) is 6.18. The van der Waals surface area contributed by atoms with Gasteiger partial charge in [-0.05, 0) is 62.3 Å². The lowest BCUT2D eigenvalue weighted by Crippen LogP contribution is -2.53. The number of thiophene rings is 1. The van der Waals surface area contributed by atoms with Crippen LogP contribution in [0.25, 0.3) is 15.2 Å². The number of ketones is 1. The molecule has 42 heavy (non-hydrogen) atoms. The molecule has 226 valence electrons. The smallest absolute Gasteiger partial charge is 0.333 e. The van der Waals surface area contributed by atoms with E-state index in [1.54, 1.807) is 26.8 Å². The maximum atomic E-state index is 14.5. The monoisotopic (exact) mass is 597 g/mol. The Morgan fingerprint density at radius 2 is 1.71 bits per heavy atom. The fraction of sp³-hybridized carbons (Fsp3) is 0.516. The van der Waals surface area contributed by atoms with E-state index in [-0.39, 0.29) is 30.1 Å². The molecule has 0 aliphatic heterocycles. The molecule has 0 spiro atoms. The van der Waals surface area contributed by atoms with Gasteiger partial charge in [-0.1, -0.05) is 52.0 Å². The summed E-state index contributed by atoms with van der Waals surface area (Å²) in [6, 6.07) is 4.50. The maximum Gasteiger partial charge on any atom is 0.333 e. The molecule has 3 aromatic heterocycles. The average Bonchev–Trinajstić information content (AvgIpc) is 3.52. The third-order valence-electron chi connectivity index (χ3n) is 7.28. The van der Waals surface area contributed by atoms with Gasteiger partial charge >= 0.3 is 5.69 Å². The van der Waals surface area contributed by atoms with Crippen molar-refractivity contribution < 1.29 is 13.9 Å². The molecule has 0 aliphatic carbocycles. The van der Waals surface area contributed by atoms with Crippen LogP contribution in [0.2, 0.25) is 0 Å². The molecule has 1 aromatic carbocycles. The molecule has 0 amide bonds. The molecule has 0 saturated carbocycles. The molecule has 0 saturated heterocycles. The molecule has 1 atom stereocenters. The van der Waals surface area contributed by atoms with Crippen molar-refractivity contribution in [2.45, 2.75) is 86.9 Å². The van der Waals surface area contributed by atoms with Crippen LogP contribution in [0.4, 0.5) is 4.39 Å². The van der Waals surface area contributed by atoms with Gasteiger partial charge in [0.2, 0.25) is 0 Å². The number of carbonyl (C=O) groups excluding carboxylic acids is 1. The van der Waals surface area contributed by atoms with Crippen molar-refractivity contribution in [2.24, 2.45) is 11.3 Å². The van der Waals surface area contributed by atoms with Crippen molar-refractivity contribution in [1.82, 2.24) is 24.1 Å². The van der Waals surface area contributed by atoms with Crippen LogP contribution < -0.4 is 11.2 Å². The summed E-state index contributed by atoms with van der Waals surface area (Å²) in [6.45, 7) is 17.1. The zero-order chi connectivity index (χ0) is 31.1. The fourth-order valence-electron chi connectivity index (χ4n) is 4.96. The lowest BCUT2D eigenvalue weighted by atomic mass is 9.91. The first-order valence-electron chi connectivity index (χ1n) is 14.1. The first-order chi connectivity index (χ1) is 19.5. The third kappa shape index (κ3) is 6.17. The molecule has 0 fully saturated rings. The standard InChI is InChI=1S/C31H40FN5O4S/c1-18(2)14-24(38)31(8,9)36-26(39)25-20(4)27(37-33-12-13-34-37)42-28(25)35(29(36)40)16-23(41-17-30(5,6)7)22-15-21(32)11-10-19(22)3/h10-13,15,18,23H,14,16-17H2,1-9H3/t23-/m0/s1. The van der Waals surface area contributed by atoms with Crippen LogP contribution in [0.1, 0.15) is 77.7 Å². The second-order valence-electron chi connectivity index (χ2n) is 13.0. The first kappa shape index (κ1) is 31.5. The topological polar surface area (TPSA) is 101 Å². The minimum Gasteiger partial charge on any atom is -0.371 e. The van der Waals surface area contributed by atoms with Crippen LogP contribution in [0, 0.1) is 31.0 Å². The second kappa shape index (κ2) is 11.7. The average molecular weight is 598 g/mol. The van der Waals surface area contributed by atoms with Gasteiger partial charge in [0.25, 0.3) is 5.56 Å². The number of rotatable bonds is 10. The summed E-state index contributed by atoms with van der Waals surface area (Å²) >= 11 is 1.22. The molecule has 3 heterocycles. The normalized spacial score (nSPS) is 13.3. The predicted molar refractivity (Wildman–Crippen MR) is 163 cm³/mol. The number of fused-ring (bicyclic) bond motifs is 1. The van der Waals surface area contributed by atoms with Crippen molar-refractivity contribution in [1.29, 1.82) is 0 Å². The second-order valence-corrected chi connectivity index (χ2v) is 14.0. The van der Waals surface area contributed by atoms with Gasteiger partial charge in [0.15, 0.2) is 5.78 Å². The summed E-state index contributed by atoms with van der Waals surface area (Å²) in [5.41, 5.74) is -0.784. The molecule has 11 heteroatoms. The highest BCUT2D eigenvalue weighted by atomic mass is 32.1. The Morgan fingerprint density at radius 3 is 2.31 bits per heavy atom. The van der Waals surface area contributed by atoms with E-state index >= 15 is 0 Å². The van der Waals surface area contributed by atoms with Crippen LogP contribution in [-0.4, -0.2) is 36.5 Å². The van der Waals surface area contributed by atoms with Gasteiger partial charge in [-0.3, -0.25) is 14.2 Å². The van der Waals surface area contributed by atoms with Gasteiger partial charge < -0.3 is 4.74 Å². The number of halogens is 1. The van der Waals surface area contributed by atoms with E-state index < -0.39 is 28.7 Å². The number of carbonyl (C=O) groups is 1. The minimum absolute atomic E-state index is 0.00360. The van der Waals surface area contributed by atoms with E-state index in [0.29, 0.717) is 33.0 Å². The first-order valence-corrected chi connectivity index (χ1v) is 14.9. The van der Waals surface area contributed by atoms with Crippen molar-refractivity contribution in [3.63, 3.8) is 0 Å². The molecule has 0 radical (unpaired) electrons. The zero-order valence-corrected chi connectivity index (χ0v) is 26.6. The number of Topliss-reactive ketones (excluding diaryl/α,β-unsaturated/α-hetero) is 1. The molecular formula is C31H40FN5O4S. The van der Waals surface area contributed by atoms with Gasteiger partial charge in [-0.2, -0.15) is 10.2 Å². The van der Waals surface area contributed by atoms with E-state index in [2.05, 4.69) is 10.2 Å². The highest BCUT2D eigenvalue weighted by Gasteiger charge is 2.36. The van der Waals surface area contributed by atoms with E-state index in [9.17, 15) is 18.8 Å². The van der Waals surface area contributed by atoms with Crippen LogP contribution >= 0.6 is 11.3 Å². The summed E-state index contributed by atoms with van der Waals surface area (Å²) in [5.74, 6) is -0.585. The Kier molecular flexibility index (Phi) is 8.76. The molecule has 4 rings (SSSR count). The Labute approximate surface area is 248 Å². The Morgan fingerprint density at radius 1 is 1.07 bits per heavy atom. The molecule has 4 aromatic rings. The van der Waals surface area contributed by atoms with Gasteiger partial charge in [0, 0.05) is 12.0 Å². The quantitative estimate of drug-likeness (QED) is 0.232. The largest absolute Gasteiger partial charge is 0.371 e. The number of aryl methyl sites for hydroxylation is 2. The molecular weight excluding hydrogens is 557 g/mol. The molecule has 0 N–H and O–H groups in total. The Balaban J connectivity index is 2.03. The minimum atomic E-state index is -1.41.